The standard InChI is InChI=1S/C27H36N6O6.CH4/c1-4-23(34)38-15-9-14-29-26(36)39-17-20-12-8-13-22-31-32-24(33(20)22)21(30-25(35)27(2,3)28)18-37-16-19-10-6-5-7-11-19;/h5-8,10-13,21H,4,9,14-18,28H2,1-3H3,(H,29,36)(H,30,35);1H4/t21-;/m1./s1. The van der Waals surface area contributed by atoms with Crippen molar-refractivity contribution in [3.05, 3.63) is 65.6 Å². The van der Waals surface area contributed by atoms with E-state index in [1.54, 1.807) is 43.4 Å². The minimum Gasteiger partial charge on any atom is -0.466 e. The zero-order valence-corrected chi connectivity index (χ0v) is 22.5. The molecular weight excluding hydrogens is 516 g/mol. The molecule has 0 saturated carbocycles. The summed E-state index contributed by atoms with van der Waals surface area (Å²) in [4.78, 5) is 36.2. The molecule has 40 heavy (non-hydrogen) atoms. The van der Waals surface area contributed by atoms with Gasteiger partial charge in [0, 0.05) is 13.0 Å². The molecule has 3 aromatic rings. The highest BCUT2D eigenvalue weighted by molar-refractivity contribution is 5.85. The lowest BCUT2D eigenvalue weighted by molar-refractivity contribution is -0.143. The van der Waals surface area contributed by atoms with Crippen LogP contribution >= 0.6 is 0 Å². The minimum atomic E-state index is -1.13. The van der Waals surface area contributed by atoms with Crippen molar-refractivity contribution in [1.29, 1.82) is 0 Å². The molecule has 1 atom stereocenters. The fourth-order valence-electron chi connectivity index (χ4n) is 3.50. The molecule has 3 rings (SSSR count). The molecule has 12 heteroatoms. The Kier molecular flexibility index (Phi) is 12.5. The summed E-state index contributed by atoms with van der Waals surface area (Å²) >= 11 is 0. The molecule has 1 aromatic carbocycles. The first-order valence-corrected chi connectivity index (χ1v) is 12.8. The van der Waals surface area contributed by atoms with Crippen LogP contribution in [0, 0.1) is 0 Å². The van der Waals surface area contributed by atoms with E-state index in [9.17, 15) is 14.4 Å². The summed E-state index contributed by atoms with van der Waals surface area (Å²) < 4.78 is 18.0. The molecule has 0 radical (unpaired) electrons. The molecule has 2 aromatic heterocycles. The number of fused-ring (bicyclic) bond motifs is 1. The van der Waals surface area contributed by atoms with Gasteiger partial charge < -0.3 is 30.6 Å². The first-order valence-electron chi connectivity index (χ1n) is 12.8. The Bertz CT molecular complexity index is 1240. The quantitative estimate of drug-likeness (QED) is 0.200. The van der Waals surface area contributed by atoms with Crippen molar-refractivity contribution in [1.82, 2.24) is 25.2 Å². The van der Waals surface area contributed by atoms with Gasteiger partial charge in [0.25, 0.3) is 0 Å². The lowest BCUT2D eigenvalue weighted by Gasteiger charge is -2.24. The van der Waals surface area contributed by atoms with E-state index >= 15 is 0 Å². The van der Waals surface area contributed by atoms with Crippen LogP contribution in [0.25, 0.3) is 5.65 Å². The van der Waals surface area contributed by atoms with E-state index in [1.807, 2.05) is 30.3 Å². The fourth-order valence-corrected chi connectivity index (χ4v) is 3.50. The molecule has 2 amide bonds. The highest BCUT2D eigenvalue weighted by atomic mass is 16.5. The van der Waals surface area contributed by atoms with Crippen LogP contribution in [0.3, 0.4) is 0 Å². The molecule has 0 aliphatic heterocycles. The molecule has 0 fully saturated rings. The van der Waals surface area contributed by atoms with Gasteiger partial charge in [-0.15, -0.1) is 10.2 Å². The number of carbonyl (C=O) groups excluding carboxylic acids is 3. The van der Waals surface area contributed by atoms with Crippen LogP contribution in [0.1, 0.15) is 64.2 Å². The zero-order chi connectivity index (χ0) is 28.3. The van der Waals surface area contributed by atoms with Gasteiger partial charge in [0.1, 0.15) is 12.6 Å². The van der Waals surface area contributed by atoms with Crippen molar-refractivity contribution in [2.45, 2.75) is 65.8 Å². The van der Waals surface area contributed by atoms with Crippen LogP contribution in [0.15, 0.2) is 48.5 Å². The monoisotopic (exact) mass is 556 g/mol. The van der Waals surface area contributed by atoms with E-state index in [-0.39, 0.29) is 39.1 Å². The Morgan fingerprint density at radius 2 is 1.77 bits per heavy atom. The van der Waals surface area contributed by atoms with Gasteiger partial charge in [0.15, 0.2) is 11.5 Å². The summed E-state index contributed by atoms with van der Waals surface area (Å²) in [7, 11) is 0. The maximum atomic E-state index is 12.8. The molecule has 0 unspecified atom stereocenters. The van der Waals surface area contributed by atoms with Gasteiger partial charge in [0.05, 0.1) is 31.1 Å². The van der Waals surface area contributed by atoms with Gasteiger partial charge in [-0.25, -0.2) is 4.79 Å². The van der Waals surface area contributed by atoms with Crippen LogP contribution in [-0.2, 0) is 37.0 Å². The number of aromatic nitrogens is 3. The van der Waals surface area contributed by atoms with Crippen molar-refractivity contribution in [2.24, 2.45) is 5.73 Å². The number of hydrogen-bond acceptors (Lipinski definition) is 9. The van der Waals surface area contributed by atoms with Crippen molar-refractivity contribution in [2.75, 3.05) is 19.8 Å². The number of carbonyl (C=O) groups is 3. The topological polar surface area (TPSA) is 159 Å². The Morgan fingerprint density at radius 1 is 1.02 bits per heavy atom. The van der Waals surface area contributed by atoms with Crippen LogP contribution in [0.4, 0.5) is 4.79 Å². The molecule has 0 bridgehead atoms. The molecule has 0 aliphatic rings. The van der Waals surface area contributed by atoms with Crippen molar-refractivity contribution < 1.29 is 28.6 Å². The van der Waals surface area contributed by atoms with Gasteiger partial charge in [0.2, 0.25) is 5.91 Å². The van der Waals surface area contributed by atoms with Gasteiger partial charge in [-0.3, -0.25) is 14.0 Å². The van der Waals surface area contributed by atoms with Crippen LogP contribution in [-0.4, -0.2) is 57.9 Å². The average molecular weight is 557 g/mol. The van der Waals surface area contributed by atoms with E-state index in [0.717, 1.165) is 5.56 Å². The summed E-state index contributed by atoms with van der Waals surface area (Å²) in [6, 6.07) is 14.3. The van der Waals surface area contributed by atoms with Gasteiger partial charge in [-0.05, 0) is 38.0 Å². The molecule has 0 saturated heterocycles. The highest BCUT2D eigenvalue weighted by Gasteiger charge is 2.28. The van der Waals surface area contributed by atoms with Crippen molar-refractivity contribution in [3.63, 3.8) is 0 Å². The second-order valence-corrected chi connectivity index (χ2v) is 9.45. The van der Waals surface area contributed by atoms with Gasteiger partial charge in [-0.1, -0.05) is 50.7 Å². The van der Waals surface area contributed by atoms with Crippen molar-refractivity contribution >= 4 is 23.6 Å². The molecular formula is C28H40N6O6. The highest BCUT2D eigenvalue weighted by Crippen LogP contribution is 2.18. The van der Waals surface area contributed by atoms with E-state index < -0.39 is 17.7 Å². The number of nitrogens with zero attached hydrogens (tertiary/aromatic N) is 3. The summed E-state index contributed by atoms with van der Waals surface area (Å²) in [6.45, 7) is 5.81. The molecule has 0 aliphatic carbocycles. The molecule has 0 spiro atoms. The average Bonchev–Trinajstić information content (AvgIpc) is 3.35. The number of esters is 1. The SMILES string of the molecule is C.CCC(=O)OCCCNC(=O)OCc1cccc2nnc([C@@H](COCc3ccccc3)NC(=O)C(C)(C)N)n12. The third kappa shape index (κ3) is 9.62. The smallest absolute Gasteiger partial charge is 0.407 e. The summed E-state index contributed by atoms with van der Waals surface area (Å²) in [6.07, 6.45) is 0.151. The number of pyridine rings is 1. The maximum absolute atomic E-state index is 12.8. The van der Waals surface area contributed by atoms with Crippen LogP contribution in [0.5, 0.6) is 0 Å². The largest absolute Gasteiger partial charge is 0.466 e. The van der Waals surface area contributed by atoms with Gasteiger partial charge in [-0.2, -0.15) is 0 Å². The van der Waals surface area contributed by atoms with E-state index in [1.165, 1.54) is 0 Å². The number of benzene rings is 1. The van der Waals surface area contributed by atoms with E-state index in [0.29, 0.717) is 43.2 Å². The van der Waals surface area contributed by atoms with Crippen LogP contribution in [0.2, 0.25) is 0 Å². The Labute approximate surface area is 234 Å². The maximum Gasteiger partial charge on any atom is 0.407 e. The number of alkyl carbamates (subject to hydrolysis) is 1. The number of amides is 2. The number of hydrogen-bond donors (Lipinski definition) is 3. The van der Waals surface area contributed by atoms with E-state index in [4.69, 9.17) is 19.9 Å². The first-order chi connectivity index (χ1) is 18.7. The third-order valence-electron chi connectivity index (χ3n) is 5.63. The minimum absolute atomic E-state index is 0. The number of nitrogens with two attached hydrogens (primary N) is 1. The van der Waals surface area contributed by atoms with Crippen LogP contribution < -0.4 is 16.4 Å². The normalized spacial score (nSPS) is 11.8. The Hall–Kier alpha value is -4.03. The number of rotatable bonds is 14. The predicted molar refractivity (Wildman–Crippen MR) is 149 cm³/mol. The predicted octanol–water partition coefficient (Wildman–Crippen LogP) is 3.05. The molecule has 218 valence electrons. The van der Waals surface area contributed by atoms with Gasteiger partial charge >= 0.3 is 12.1 Å². The molecule has 4 N–H and O–H groups in total. The lowest BCUT2D eigenvalue weighted by atomic mass is 10.1. The second kappa shape index (κ2) is 15.5. The zero-order valence-electron chi connectivity index (χ0n) is 22.5. The summed E-state index contributed by atoms with van der Waals surface area (Å²) in [5, 5.41) is 14.1. The fraction of sp³-hybridized carbons (Fsp3) is 0.464. The Balaban J connectivity index is 0.00000560. The number of nitrogens with one attached hydrogen (secondary N) is 2. The van der Waals surface area contributed by atoms with Crippen molar-refractivity contribution in [3.8, 4) is 0 Å². The molecule has 12 nitrogen and oxygen atoms in total. The third-order valence-corrected chi connectivity index (χ3v) is 5.63. The summed E-state index contributed by atoms with van der Waals surface area (Å²) in [5.74, 6) is -0.260. The first kappa shape index (κ1) is 32.2. The molecule has 2 heterocycles. The number of ether oxygens (including phenoxy) is 3. The summed E-state index contributed by atoms with van der Waals surface area (Å²) in [5.41, 5.74) is 6.98. The second-order valence-electron chi connectivity index (χ2n) is 9.45. The van der Waals surface area contributed by atoms with E-state index in [2.05, 4.69) is 20.8 Å². The lowest BCUT2D eigenvalue weighted by Crippen LogP contribution is -2.51. The Morgan fingerprint density at radius 3 is 2.48 bits per heavy atom.